The van der Waals surface area contributed by atoms with Crippen LogP contribution < -0.4 is 5.32 Å². The topological polar surface area (TPSA) is 65.1 Å². The van der Waals surface area contributed by atoms with Gasteiger partial charge in [-0.25, -0.2) is 4.98 Å². The molecule has 25 heavy (non-hydrogen) atoms. The summed E-state index contributed by atoms with van der Waals surface area (Å²) in [4.78, 5) is 4.53. The summed E-state index contributed by atoms with van der Waals surface area (Å²) in [5.74, 6) is 1.40. The van der Waals surface area contributed by atoms with Crippen molar-refractivity contribution in [3.63, 3.8) is 0 Å². The summed E-state index contributed by atoms with van der Waals surface area (Å²) < 4.78 is 13.2. The van der Waals surface area contributed by atoms with Crippen molar-refractivity contribution in [2.24, 2.45) is 13.0 Å². The van der Waals surface area contributed by atoms with Gasteiger partial charge in [0, 0.05) is 31.8 Å². The van der Waals surface area contributed by atoms with Gasteiger partial charge in [0.25, 0.3) is 0 Å². The molecule has 134 valence electrons. The number of hydrogen-bond acceptors (Lipinski definition) is 5. The molecule has 0 spiro atoms. The molecule has 0 aliphatic rings. The zero-order valence-corrected chi connectivity index (χ0v) is 15.3. The van der Waals surface area contributed by atoms with Crippen LogP contribution in [0, 0.1) is 12.8 Å². The molecule has 3 heterocycles. The molecule has 3 rings (SSSR count). The third-order valence-electron chi connectivity index (χ3n) is 4.09. The quantitative estimate of drug-likeness (QED) is 0.680. The molecule has 6 nitrogen and oxygen atoms in total. The van der Waals surface area contributed by atoms with Gasteiger partial charge in [-0.05, 0) is 36.6 Å². The first-order valence-corrected chi connectivity index (χ1v) is 8.67. The van der Waals surface area contributed by atoms with Crippen LogP contribution in [0.1, 0.15) is 36.9 Å². The van der Waals surface area contributed by atoms with Gasteiger partial charge in [0.05, 0.1) is 24.6 Å². The fourth-order valence-corrected chi connectivity index (χ4v) is 2.84. The average molecular weight is 342 g/mol. The van der Waals surface area contributed by atoms with E-state index in [0.717, 1.165) is 34.7 Å². The van der Waals surface area contributed by atoms with Crippen molar-refractivity contribution in [2.45, 2.75) is 33.4 Å². The van der Waals surface area contributed by atoms with Crippen molar-refractivity contribution in [1.29, 1.82) is 0 Å². The molecule has 0 radical (unpaired) electrons. The molecule has 0 aromatic carbocycles. The molecule has 1 N–H and O–H groups in total. The van der Waals surface area contributed by atoms with Gasteiger partial charge < -0.3 is 14.5 Å². The predicted octanol–water partition coefficient (Wildman–Crippen LogP) is 3.37. The first kappa shape index (κ1) is 17.6. The lowest BCUT2D eigenvalue weighted by atomic mass is 10.2. The van der Waals surface area contributed by atoms with E-state index in [1.165, 1.54) is 0 Å². The van der Waals surface area contributed by atoms with Crippen LogP contribution in [-0.2, 0) is 18.3 Å². The van der Waals surface area contributed by atoms with Crippen molar-refractivity contribution in [1.82, 2.24) is 20.1 Å². The fraction of sp³-hybridized carbons (Fsp3) is 0.474. The molecule has 1 unspecified atom stereocenters. The number of nitrogens with zero attached hydrogens (tertiary/aromatic N) is 3. The van der Waals surface area contributed by atoms with Gasteiger partial charge in [0.1, 0.15) is 5.76 Å². The van der Waals surface area contributed by atoms with Crippen LogP contribution in [0.15, 0.2) is 35.1 Å². The van der Waals surface area contributed by atoms with E-state index < -0.39 is 0 Å². The average Bonchev–Trinajstić information content (AvgIpc) is 3.20. The minimum atomic E-state index is 0.0134. The van der Waals surface area contributed by atoms with Crippen LogP contribution in [0.25, 0.3) is 11.0 Å². The molecule has 0 saturated carbocycles. The number of hydrogen-bond donors (Lipinski definition) is 1. The lowest BCUT2D eigenvalue weighted by Gasteiger charge is -2.18. The summed E-state index contributed by atoms with van der Waals surface area (Å²) in [7, 11) is 1.92. The molecule has 6 heteroatoms. The lowest BCUT2D eigenvalue weighted by Crippen LogP contribution is -2.25. The normalized spacial score (nSPS) is 13.0. The Bertz CT molecular complexity index is 808. The highest BCUT2D eigenvalue weighted by molar-refractivity contribution is 5.78. The van der Waals surface area contributed by atoms with Crippen molar-refractivity contribution in [3.05, 3.63) is 47.7 Å². The highest BCUT2D eigenvalue weighted by Crippen LogP contribution is 2.18. The number of pyridine rings is 1. The zero-order chi connectivity index (χ0) is 17.8. The van der Waals surface area contributed by atoms with E-state index in [2.05, 4.69) is 35.3 Å². The minimum absolute atomic E-state index is 0.0134. The van der Waals surface area contributed by atoms with Gasteiger partial charge in [0.15, 0.2) is 5.65 Å². The monoisotopic (exact) mass is 342 g/mol. The Morgan fingerprint density at radius 1 is 1.32 bits per heavy atom. The highest BCUT2D eigenvalue weighted by Gasteiger charge is 2.15. The van der Waals surface area contributed by atoms with Crippen molar-refractivity contribution < 1.29 is 9.15 Å². The maximum Gasteiger partial charge on any atom is 0.157 e. The van der Waals surface area contributed by atoms with Crippen molar-refractivity contribution in [2.75, 3.05) is 13.2 Å². The third-order valence-corrected chi connectivity index (χ3v) is 4.09. The summed E-state index contributed by atoms with van der Waals surface area (Å²) in [5.41, 5.74) is 3.02. The predicted molar refractivity (Wildman–Crippen MR) is 97.2 cm³/mol. The molecule has 0 saturated heterocycles. The van der Waals surface area contributed by atoms with E-state index in [9.17, 15) is 0 Å². The molecule has 1 atom stereocenters. The molecular weight excluding hydrogens is 316 g/mol. The fourth-order valence-electron chi connectivity index (χ4n) is 2.84. The second-order valence-corrected chi connectivity index (χ2v) is 6.80. The Morgan fingerprint density at radius 3 is 2.88 bits per heavy atom. The van der Waals surface area contributed by atoms with Crippen LogP contribution in [-0.4, -0.2) is 28.0 Å². The molecule has 0 aliphatic carbocycles. The molecule has 3 aromatic heterocycles. The van der Waals surface area contributed by atoms with Crippen LogP contribution >= 0.6 is 0 Å². The van der Waals surface area contributed by atoms with Gasteiger partial charge in [-0.1, -0.05) is 13.8 Å². The highest BCUT2D eigenvalue weighted by atomic mass is 16.5. The number of rotatable bonds is 8. The van der Waals surface area contributed by atoms with Gasteiger partial charge >= 0.3 is 0 Å². The second kappa shape index (κ2) is 7.80. The maximum absolute atomic E-state index is 5.81. The Balaban J connectivity index is 1.69. The lowest BCUT2D eigenvalue weighted by molar-refractivity contribution is 0.0844. The van der Waals surface area contributed by atoms with Gasteiger partial charge in [-0.3, -0.25) is 4.68 Å². The molecule has 3 aromatic rings. The number of ether oxygens (including phenoxy) is 1. The largest absolute Gasteiger partial charge is 0.468 e. The van der Waals surface area contributed by atoms with Crippen LogP contribution in [0.2, 0.25) is 0 Å². The second-order valence-electron chi connectivity index (χ2n) is 6.80. The minimum Gasteiger partial charge on any atom is -0.468 e. The third kappa shape index (κ3) is 4.27. The first-order chi connectivity index (χ1) is 12.0. The zero-order valence-electron chi connectivity index (χ0n) is 15.3. The van der Waals surface area contributed by atoms with E-state index in [1.54, 1.807) is 6.26 Å². The number of aryl methyl sites for hydroxylation is 2. The summed E-state index contributed by atoms with van der Waals surface area (Å²) in [6.45, 7) is 8.30. The summed E-state index contributed by atoms with van der Waals surface area (Å²) >= 11 is 0. The van der Waals surface area contributed by atoms with Crippen LogP contribution in [0.5, 0.6) is 0 Å². The molecular formula is C19H26N4O2. The summed E-state index contributed by atoms with van der Waals surface area (Å²) in [6, 6.07) is 6.04. The number of fused-ring (bicyclic) bond motifs is 1. The Morgan fingerprint density at radius 2 is 2.16 bits per heavy atom. The number of nitrogens with one attached hydrogen (secondary N) is 1. The van der Waals surface area contributed by atoms with E-state index in [1.807, 2.05) is 37.0 Å². The molecule has 0 bridgehead atoms. The van der Waals surface area contributed by atoms with E-state index in [-0.39, 0.29) is 6.04 Å². The van der Waals surface area contributed by atoms with E-state index >= 15 is 0 Å². The number of aromatic nitrogens is 3. The maximum atomic E-state index is 5.81. The van der Waals surface area contributed by atoms with Crippen LogP contribution in [0.4, 0.5) is 0 Å². The van der Waals surface area contributed by atoms with Gasteiger partial charge in [0.2, 0.25) is 0 Å². The van der Waals surface area contributed by atoms with E-state index in [4.69, 9.17) is 9.15 Å². The van der Waals surface area contributed by atoms with Gasteiger partial charge in [-0.15, -0.1) is 0 Å². The first-order valence-electron chi connectivity index (χ1n) is 8.67. The molecule has 0 fully saturated rings. The summed E-state index contributed by atoms with van der Waals surface area (Å²) in [6.07, 6.45) is 3.59. The van der Waals surface area contributed by atoms with Crippen LogP contribution in [0.3, 0.4) is 0 Å². The SMILES string of the molecule is Cc1nn(C)c2ncc(CNC(COCC(C)C)c3ccco3)cc12. The Labute approximate surface area is 148 Å². The van der Waals surface area contributed by atoms with Gasteiger partial charge in [-0.2, -0.15) is 5.10 Å². The van der Waals surface area contributed by atoms with E-state index in [0.29, 0.717) is 19.1 Å². The molecule has 0 amide bonds. The standard InChI is InChI=1S/C19H26N4O2/c1-13(2)11-24-12-17(18-6-5-7-25-18)20-9-15-8-16-14(3)22-23(4)19(16)21-10-15/h5-8,10,13,17,20H,9,11-12H2,1-4H3. The van der Waals surface area contributed by atoms with Crippen molar-refractivity contribution >= 4 is 11.0 Å². The summed E-state index contributed by atoms with van der Waals surface area (Å²) in [5, 5.41) is 9.03. The molecule has 0 aliphatic heterocycles. The Hall–Kier alpha value is -2.18. The Kier molecular flexibility index (Phi) is 5.50. The smallest absolute Gasteiger partial charge is 0.157 e. The number of furan rings is 1. The van der Waals surface area contributed by atoms with Crippen molar-refractivity contribution in [3.8, 4) is 0 Å².